The van der Waals surface area contributed by atoms with E-state index >= 15 is 0 Å². The zero-order valence-corrected chi connectivity index (χ0v) is 16.5. The van der Waals surface area contributed by atoms with E-state index in [2.05, 4.69) is 0 Å². The SMILES string of the molecule is CC(C)(C)[C@H](CCC(=O)C1CCCN1CCO)c1c(F)ccc(Cl)c1F. The monoisotopic (exact) mass is 387 g/mol. The van der Waals surface area contributed by atoms with E-state index in [1.165, 1.54) is 12.1 Å². The third-order valence-corrected chi connectivity index (χ3v) is 5.57. The summed E-state index contributed by atoms with van der Waals surface area (Å²) in [6.07, 6.45) is 2.31. The van der Waals surface area contributed by atoms with Crippen LogP contribution in [0.1, 0.15) is 57.9 Å². The number of benzene rings is 1. The van der Waals surface area contributed by atoms with Crippen LogP contribution in [0.25, 0.3) is 0 Å². The van der Waals surface area contributed by atoms with Gasteiger partial charge in [0.15, 0.2) is 0 Å². The van der Waals surface area contributed by atoms with E-state index in [1.807, 2.05) is 25.7 Å². The largest absolute Gasteiger partial charge is 0.395 e. The second-order valence-corrected chi connectivity index (χ2v) is 8.51. The molecule has 0 aromatic heterocycles. The summed E-state index contributed by atoms with van der Waals surface area (Å²) in [5.74, 6) is -1.74. The Labute approximate surface area is 159 Å². The average Bonchev–Trinajstić information content (AvgIpc) is 3.01. The molecule has 26 heavy (non-hydrogen) atoms. The Kier molecular flexibility index (Phi) is 7.17. The molecule has 0 aliphatic carbocycles. The number of halogens is 3. The lowest BCUT2D eigenvalue weighted by Gasteiger charge is -2.32. The van der Waals surface area contributed by atoms with Crippen LogP contribution in [0.3, 0.4) is 0 Å². The third kappa shape index (κ3) is 4.81. The van der Waals surface area contributed by atoms with Crippen LogP contribution in [0.15, 0.2) is 12.1 Å². The van der Waals surface area contributed by atoms with E-state index in [9.17, 15) is 13.6 Å². The third-order valence-electron chi connectivity index (χ3n) is 5.28. The second-order valence-electron chi connectivity index (χ2n) is 8.10. The van der Waals surface area contributed by atoms with E-state index in [-0.39, 0.29) is 35.4 Å². The molecule has 1 aromatic rings. The van der Waals surface area contributed by atoms with Gasteiger partial charge < -0.3 is 5.11 Å². The minimum atomic E-state index is -0.734. The molecule has 0 radical (unpaired) electrons. The molecule has 1 saturated heterocycles. The van der Waals surface area contributed by atoms with Crippen molar-refractivity contribution in [3.8, 4) is 0 Å². The van der Waals surface area contributed by atoms with Crippen LogP contribution in [0.4, 0.5) is 8.78 Å². The summed E-state index contributed by atoms with van der Waals surface area (Å²) < 4.78 is 28.9. The van der Waals surface area contributed by atoms with Crippen molar-refractivity contribution in [3.05, 3.63) is 34.4 Å². The molecule has 146 valence electrons. The summed E-state index contributed by atoms with van der Waals surface area (Å²) >= 11 is 5.86. The zero-order chi connectivity index (χ0) is 19.5. The van der Waals surface area contributed by atoms with Gasteiger partial charge in [0, 0.05) is 18.5 Å². The number of rotatable bonds is 7. The van der Waals surface area contributed by atoms with Crippen LogP contribution >= 0.6 is 11.6 Å². The molecular formula is C20H28ClF2NO2. The van der Waals surface area contributed by atoms with Gasteiger partial charge in [0.2, 0.25) is 0 Å². The highest BCUT2D eigenvalue weighted by molar-refractivity contribution is 6.30. The van der Waals surface area contributed by atoms with Crippen molar-refractivity contribution in [2.24, 2.45) is 5.41 Å². The maximum Gasteiger partial charge on any atom is 0.149 e. The Morgan fingerprint density at radius 3 is 2.69 bits per heavy atom. The van der Waals surface area contributed by atoms with Gasteiger partial charge in [-0.3, -0.25) is 9.69 Å². The van der Waals surface area contributed by atoms with Crippen molar-refractivity contribution in [1.29, 1.82) is 0 Å². The van der Waals surface area contributed by atoms with Gasteiger partial charge in [0.25, 0.3) is 0 Å². The molecule has 3 nitrogen and oxygen atoms in total. The summed E-state index contributed by atoms with van der Waals surface area (Å²) in [5.41, 5.74) is -0.455. The molecule has 0 bridgehead atoms. The summed E-state index contributed by atoms with van der Waals surface area (Å²) in [4.78, 5) is 14.7. The first-order valence-electron chi connectivity index (χ1n) is 9.17. The first-order valence-corrected chi connectivity index (χ1v) is 9.55. The predicted molar refractivity (Wildman–Crippen MR) is 99.5 cm³/mol. The number of carbonyl (C=O) groups excluding carboxylic acids is 1. The lowest BCUT2D eigenvalue weighted by molar-refractivity contribution is -0.123. The van der Waals surface area contributed by atoms with Gasteiger partial charge in [-0.25, -0.2) is 8.78 Å². The number of hydrogen-bond acceptors (Lipinski definition) is 3. The van der Waals surface area contributed by atoms with E-state index in [0.29, 0.717) is 13.0 Å². The van der Waals surface area contributed by atoms with Gasteiger partial charge in [0.05, 0.1) is 17.7 Å². The molecule has 2 atom stereocenters. The zero-order valence-electron chi connectivity index (χ0n) is 15.7. The number of Topliss-reactive ketones (excluding diaryl/α,β-unsaturated/α-hetero) is 1. The summed E-state index contributed by atoms with van der Waals surface area (Å²) in [6.45, 7) is 7.04. The van der Waals surface area contributed by atoms with E-state index in [1.54, 1.807) is 0 Å². The van der Waals surface area contributed by atoms with Crippen molar-refractivity contribution < 1.29 is 18.7 Å². The Balaban J connectivity index is 2.18. The molecule has 1 heterocycles. The molecular weight excluding hydrogens is 360 g/mol. The van der Waals surface area contributed by atoms with Crippen molar-refractivity contribution in [2.45, 2.75) is 58.4 Å². The quantitative estimate of drug-likeness (QED) is 0.697. The van der Waals surface area contributed by atoms with Crippen LogP contribution in [-0.4, -0.2) is 41.5 Å². The Hall–Kier alpha value is -1.04. The highest BCUT2D eigenvalue weighted by Gasteiger charge is 2.35. The van der Waals surface area contributed by atoms with E-state index < -0.39 is 23.0 Å². The summed E-state index contributed by atoms with van der Waals surface area (Å²) in [5, 5.41) is 9.03. The number of likely N-dealkylation sites (tertiary alicyclic amines) is 1. The fourth-order valence-corrected chi connectivity index (χ4v) is 4.08. The molecule has 1 fully saturated rings. The van der Waals surface area contributed by atoms with E-state index in [0.717, 1.165) is 19.4 Å². The second kappa shape index (κ2) is 8.77. The minimum Gasteiger partial charge on any atom is -0.395 e. The minimum absolute atomic E-state index is 0.0212. The van der Waals surface area contributed by atoms with Gasteiger partial charge >= 0.3 is 0 Å². The molecule has 2 rings (SSSR count). The average molecular weight is 388 g/mol. The highest BCUT2D eigenvalue weighted by Crippen LogP contribution is 2.42. The molecule has 1 N–H and O–H groups in total. The number of hydrogen-bond donors (Lipinski definition) is 1. The van der Waals surface area contributed by atoms with Crippen molar-refractivity contribution in [1.82, 2.24) is 4.90 Å². The standard InChI is InChI=1S/C20H28ClF2NO2/c1-20(2,3)13(18-15(22)8-7-14(21)19(18)23)6-9-17(26)16-5-4-10-24(16)11-12-25/h7-8,13,16,25H,4-6,9-12H2,1-3H3/t13-,16?/m1/s1. The van der Waals surface area contributed by atoms with Gasteiger partial charge in [-0.05, 0) is 49.3 Å². The molecule has 6 heteroatoms. The van der Waals surface area contributed by atoms with Crippen LogP contribution in [0.2, 0.25) is 5.02 Å². The van der Waals surface area contributed by atoms with Gasteiger partial charge in [-0.15, -0.1) is 0 Å². The smallest absolute Gasteiger partial charge is 0.149 e. The van der Waals surface area contributed by atoms with Crippen LogP contribution in [0.5, 0.6) is 0 Å². The first kappa shape index (κ1) is 21.3. The molecule has 1 aliphatic heterocycles. The number of aliphatic hydroxyl groups excluding tert-OH is 1. The molecule has 0 amide bonds. The Bertz CT molecular complexity index is 645. The van der Waals surface area contributed by atoms with Gasteiger partial charge in [-0.2, -0.15) is 0 Å². The fourth-order valence-electron chi connectivity index (χ4n) is 3.91. The molecule has 1 unspecified atom stereocenters. The number of β-amino-alcohol motifs (C(OH)–C–C–N with tert-alkyl or cyclic N) is 1. The molecule has 0 spiro atoms. The van der Waals surface area contributed by atoms with Crippen molar-refractivity contribution >= 4 is 17.4 Å². The maximum absolute atomic E-state index is 14.5. The molecule has 1 aromatic carbocycles. The van der Waals surface area contributed by atoms with Crippen molar-refractivity contribution in [3.63, 3.8) is 0 Å². The lowest BCUT2D eigenvalue weighted by atomic mass is 9.73. The summed E-state index contributed by atoms with van der Waals surface area (Å²) in [6, 6.07) is 2.20. The number of carbonyl (C=O) groups is 1. The van der Waals surface area contributed by atoms with E-state index in [4.69, 9.17) is 16.7 Å². The summed E-state index contributed by atoms with van der Waals surface area (Å²) in [7, 11) is 0. The highest BCUT2D eigenvalue weighted by atomic mass is 35.5. The Morgan fingerprint density at radius 2 is 2.08 bits per heavy atom. The Morgan fingerprint density at radius 1 is 1.38 bits per heavy atom. The number of aliphatic hydroxyl groups is 1. The van der Waals surface area contributed by atoms with Crippen LogP contribution in [0, 0.1) is 17.0 Å². The van der Waals surface area contributed by atoms with Crippen LogP contribution in [-0.2, 0) is 4.79 Å². The van der Waals surface area contributed by atoms with Gasteiger partial charge in [0.1, 0.15) is 17.4 Å². The molecule has 1 aliphatic rings. The van der Waals surface area contributed by atoms with Crippen molar-refractivity contribution in [2.75, 3.05) is 19.7 Å². The fraction of sp³-hybridized carbons (Fsp3) is 0.650. The normalized spacial score (nSPS) is 19.7. The first-order chi connectivity index (χ1) is 12.2. The topological polar surface area (TPSA) is 40.5 Å². The number of ketones is 1. The maximum atomic E-state index is 14.5. The molecule has 0 saturated carbocycles. The lowest BCUT2D eigenvalue weighted by Crippen LogP contribution is -2.38. The van der Waals surface area contributed by atoms with Gasteiger partial charge in [-0.1, -0.05) is 32.4 Å². The van der Waals surface area contributed by atoms with Crippen LogP contribution < -0.4 is 0 Å². The number of nitrogens with zero attached hydrogens (tertiary/aromatic N) is 1. The predicted octanol–water partition coefficient (Wildman–Crippen LogP) is 4.55.